The van der Waals surface area contributed by atoms with Crippen LogP contribution in [0.5, 0.6) is 5.75 Å². The van der Waals surface area contributed by atoms with Crippen LogP contribution in [0.4, 0.5) is 5.69 Å². The minimum atomic E-state index is -0.668. The van der Waals surface area contributed by atoms with Crippen molar-refractivity contribution in [2.24, 2.45) is 0 Å². The van der Waals surface area contributed by atoms with Gasteiger partial charge in [-0.3, -0.25) is 4.79 Å². The van der Waals surface area contributed by atoms with E-state index in [4.69, 9.17) is 9.15 Å². The van der Waals surface area contributed by atoms with Gasteiger partial charge in [0.05, 0.1) is 7.11 Å². The summed E-state index contributed by atoms with van der Waals surface area (Å²) in [5.41, 5.74) is 2.12. The molecule has 0 unspecified atom stereocenters. The lowest BCUT2D eigenvalue weighted by molar-refractivity contribution is 0.102. The van der Waals surface area contributed by atoms with E-state index in [1.807, 2.05) is 44.3 Å². The van der Waals surface area contributed by atoms with Crippen molar-refractivity contribution in [3.05, 3.63) is 69.6 Å². The third-order valence-corrected chi connectivity index (χ3v) is 5.42. The number of amides is 1. The van der Waals surface area contributed by atoms with Gasteiger partial charge in [0.1, 0.15) is 16.9 Å². The van der Waals surface area contributed by atoms with E-state index in [0.717, 1.165) is 17.5 Å². The van der Waals surface area contributed by atoms with Crippen LogP contribution in [0, 0.1) is 0 Å². The lowest BCUT2D eigenvalue weighted by atomic mass is 9.94. The number of rotatable bonds is 7. The van der Waals surface area contributed by atoms with Crippen molar-refractivity contribution in [1.82, 2.24) is 5.32 Å². The Balaban J connectivity index is 1.92. The molecule has 0 saturated carbocycles. The molecule has 3 rings (SSSR count). The maximum Gasteiger partial charge on any atom is 0.349 e. The van der Waals surface area contributed by atoms with E-state index in [-0.39, 0.29) is 11.1 Å². The normalized spacial score (nSPS) is 11.5. The zero-order valence-corrected chi connectivity index (χ0v) is 18.1. The summed E-state index contributed by atoms with van der Waals surface area (Å²) in [4.78, 5) is 25.3. The second kappa shape index (κ2) is 8.71. The van der Waals surface area contributed by atoms with Gasteiger partial charge in [0.2, 0.25) is 0 Å². The first-order valence-electron chi connectivity index (χ1n) is 10.0. The third kappa shape index (κ3) is 4.24. The Morgan fingerprint density at radius 3 is 2.43 bits per heavy atom. The van der Waals surface area contributed by atoms with Crippen molar-refractivity contribution in [2.45, 2.75) is 39.2 Å². The number of aryl methyl sites for hydroxylation is 1. The maximum absolute atomic E-state index is 12.7. The fourth-order valence-electron chi connectivity index (χ4n) is 3.37. The van der Waals surface area contributed by atoms with E-state index in [9.17, 15) is 9.59 Å². The average molecular weight is 408 g/mol. The van der Waals surface area contributed by atoms with Gasteiger partial charge in [-0.25, -0.2) is 4.79 Å². The molecule has 0 aliphatic rings. The third-order valence-electron chi connectivity index (χ3n) is 5.42. The number of carbonyl (C=O) groups is 1. The Morgan fingerprint density at radius 1 is 1.13 bits per heavy atom. The van der Waals surface area contributed by atoms with E-state index in [1.165, 1.54) is 0 Å². The number of methoxy groups -OCH3 is 1. The SMILES string of the molecule is CCCc1c(OC)ccc2cc(C(=O)Nc3ccc(C(C)(C)NC)cc3)c(=O)oc12. The van der Waals surface area contributed by atoms with Gasteiger partial charge in [-0.15, -0.1) is 0 Å². The summed E-state index contributed by atoms with van der Waals surface area (Å²) in [5.74, 6) is 0.174. The van der Waals surface area contributed by atoms with E-state index >= 15 is 0 Å². The van der Waals surface area contributed by atoms with Crippen molar-refractivity contribution in [2.75, 3.05) is 19.5 Å². The highest BCUT2D eigenvalue weighted by atomic mass is 16.5. The molecule has 6 nitrogen and oxygen atoms in total. The highest BCUT2D eigenvalue weighted by molar-refractivity contribution is 6.05. The lowest BCUT2D eigenvalue weighted by Gasteiger charge is -2.24. The van der Waals surface area contributed by atoms with Crippen LogP contribution in [0.2, 0.25) is 0 Å². The van der Waals surface area contributed by atoms with Gasteiger partial charge in [-0.1, -0.05) is 25.5 Å². The molecule has 0 bridgehead atoms. The molecule has 0 aliphatic carbocycles. The molecular weight excluding hydrogens is 380 g/mol. The summed E-state index contributed by atoms with van der Waals surface area (Å²) in [6.07, 6.45) is 1.59. The van der Waals surface area contributed by atoms with E-state index in [1.54, 1.807) is 19.2 Å². The summed E-state index contributed by atoms with van der Waals surface area (Å²) < 4.78 is 10.9. The number of fused-ring (bicyclic) bond motifs is 1. The molecule has 1 aromatic heterocycles. The van der Waals surface area contributed by atoms with E-state index in [0.29, 0.717) is 28.8 Å². The van der Waals surface area contributed by atoms with Crippen LogP contribution >= 0.6 is 0 Å². The number of ether oxygens (including phenoxy) is 1. The topological polar surface area (TPSA) is 80.6 Å². The van der Waals surface area contributed by atoms with Crippen LogP contribution in [-0.2, 0) is 12.0 Å². The molecule has 1 amide bonds. The number of carbonyl (C=O) groups excluding carboxylic acids is 1. The summed E-state index contributed by atoms with van der Waals surface area (Å²) in [6.45, 7) is 6.19. The van der Waals surface area contributed by atoms with Gasteiger partial charge in [0.25, 0.3) is 5.91 Å². The second-order valence-corrected chi connectivity index (χ2v) is 7.77. The Morgan fingerprint density at radius 2 is 1.83 bits per heavy atom. The van der Waals surface area contributed by atoms with Crippen molar-refractivity contribution in [3.8, 4) is 5.75 Å². The van der Waals surface area contributed by atoms with E-state index < -0.39 is 11.5 Å². The monoisotopic (exact) mass is 408 g/mol. The number of hydrogen-bond acceptors (Lipinski definition) is 5. The lowest BCUT2D eigenvalue weighted by Crippen LogP contribution is -2.33. The highest BCUT2D eigenvalue weighted by Crippen LogP contribution is 2.29. The zero-order valence-electron chi connectivity index (χ0n) is 18.1. The smallest absolute Gasteiger partial charge is 0.349 e. The Bertz CT molecular complexity index is 1110. The summed E-state index contributed by atoms with van der Waals surface area (Å²) in [7, 11) is 3.49. The van der Waals surface area contributed by atoms with Gasteiger partial charge in [-0.05, 0) is 63.2 Å². The highest BCUT2D eigenvalue weighted by Gasteiger charge is 2.19. The first kappa shape index (κ1) is 21.6. The molecule has 0 saturated heterocycles. The average Bonchev–Trinajstić information content (AvgIpc) is 2.74. The number of anilines is 1. The molecule has 2 N–H and O–H groups in total. The van der Waals surface area contributed by atoms with Crippen molar-refractivity contribution in [3.63, 3.8) is 0 Å². The summed E-state index contributed by atoms with van der Waals surface area (Å²) >= 11 is 0. The van der Waals surface area contributed by atoms with Crippen molar-refractivity contribution in [1.29, 1.82) is 0 Å². The molecule has 1 heterocycles. The fourth-order valence-corrected chi connectivity index (χ4v) is 3.37. The Labute approximate surface area is 176 Å². The molecule has 0 spiro atoms. The molecule has 0 radical (unpaired) electrons. The molecule has 30 heavy (non-hydrogen) atoms. The molecule has 0 aliphatic heterocycles. The summed E-state index contributed by atoms with van der Waals surface area (Å²) in [6, 6.07) is 12.7. The molecule has 2 aromatic carbocycles. The van der Waals surface area contributed by atoms with Gasteiger partial charge in [0, 0.05) is 22.2 Å². The largest absolute Gasteiger partial charge is 0.496 e. The quantitative estimate of drug-likeness (QED) is 0.564. The number of nitrogens with one attached hydrogen (secondary N) is 2. The van der Waals surface area contributed by atoms with Crippen LogP contribution < -0.4 is 21.0 Å². The second-order valence-electron chi connectivity index (χ2n) is 7.77. The maximum atomic E-state index is 12.7. The standard InChI is InChI=1S/C24H28N2O4/c1-6-7-18-20(29-5)13-8-15-14-19(23(28)30-21(15)18)22(27)26-17-11-9-16(10-12-17)24(2,3)25-4/h8-14,25H,6-7H2,1-5H3,(H,26,27). The zero-order chi connectivity index (χ0) is 21.9. The Hall–Kier alpha value is -3.12. The minimum Gasteiger partial charge on any atom is -0.496 e. The van der Waals surface area contributed by atoms with Gasteiger partial charge in [-0.2, -0.15) is 0 Å². The number of benzene rings is 2. The molecule has 0 atom stereocenters. The first-order valence-corrected chi connectivity index (χ1v) is 10.0. The van der Waals surface area contributed by atoms with E-state index in [2.05, 4.69) is 24.5 Å². The van der Waals surface area contributed by atoms with Crippen LogP contribution in [-0.4, -0.2) is 20.1 Å². The Kier molecular flexibility index (Phi) is 6.27. The summed E-state index contributed by atoms with van der Waals surface area (Å²) in [5, 5.41) is 6.71. The molecular formula is C24H28N2O4. The predicted molar refractivity (Wildman–Crippen MR) is 120 cm³/mol. The number of hydrogen-bond donors (Lipinski definition) is 2. The van der Waals surface area contributed by atoms with Crippen LogP contribution in [0.1, 0.15) is 48.7 Å². The van der Waals surface area contributed by atoms with Crippen LogP contribution in [0.25, 0.3) is 11.0 Å². The van der Waals surface area contributed by atoms with Gasteiger partial charge >= 0.3 is 5.63 Å². The van der Waals surface area contributed by atoms with Crippen molar-refractivity contribution >= 4 is 22.6 Å². The fraction of sp³-hybridized carbons (Fsp3) is 0.333. The molecule has 3 aromatic rings. The molecule has 158 valence electrons. The van der Waals surface area contributed by atoms with Crippen LogP contribution in [0.3, 0.4) is 0 Å². The van der Waals surface area contributed by atoms with Crippen LogP contribution in [0.15, 0.2) is 51.7 Å². The van der Waals surface area contributed by atoms with Gasteiger partial charge in [0.15, 0.2) is 0 Å². The van der Waals surface area contributed by atoms with Gasteiger partial charge < -0.3 is 19.8 Å². The molecule has 0 fully saturated rings. The molecule has 6 heteroatoms. The minimum absolute atomic E-state index is 0.0326. The van der Waals surface area contributed by atoms with Crippen molar-refractivity contribution < 1.29 is 13.9 Å². The predicted octanol–water partition coefficient (Wildman–Crippen LogP) is 4.46. The first-order chi connectivity index (χ1) is 14.3.